The summed E-state index contributed by atoms with van der Waals surface area (Å²) in [4.78, 5) is 23.6. The summed E-state index contributed by atoms with van der Waals surface area (Å²) in [6.07, 6.45) is -0.702. The third-order valence-corrected chi connectivity index (χ3v) is 1.97. The van der Waals surface area contributed by atoms with Crippen molar-refractivity contribution >= 4 is 28.0 Å². The number of rotatable bonds is 2. The molecule has 0 aromatic heterocycles. The van der Waals surface area contributed by atoms with Crippen LogP contribution in [-0.4, -0.2) is 23.3 Å². The molecular formula is C13H22BrNO4. The molecule has 5 nitrogen and oxygen atoms in total. The molecule has 0 bridgehead atoms. The Morgan fingerprint density at radius 1 is 0.947 bits per heavy atom. The lowest BCUT2D eigenvalue weighted by Crippen LogP contribution is -2.36. The number of hydrogen-bond donors (Lipinski definition) is 1. The molecule has 0 aliphatic heterocycles. The van der Waals surface area contributed by atoms with Crippen LogP contribution in [-0.2, 0) is 14.3 Å². The summed E-state index contributed by atoms with van der Waals surface area (Å²) in [5, 5.41) is 2.39. The first-order valence-electron chi connectivity index (χ1n) is 5.91. The molecule has 0 heterocycles. The van der Waals surface area contributed by atoms with E-state index in [0.29, 0.717) is 4.48 Å². The Morgan fingerprint density at radius 3 is 1.68 bits per heavy atom. The van der Waals surface area contributed by atoms with Gasteiger partial charge in [-0.05, 0) is 48.5 Å². The maximum Gasteiger partial charge on any atom is 0.412 e. The Morgan fingerprint density at radius 2 is 1.37 bits per heavy atom. The molecule has 1 N–H and O–H groups in total. The lowest BCUT2D eigenvalue weighted by Gasteiger charge is -2.23. The second kappa shape index (κ2) is 6.41. The monoisotopic (exact) mass is 335 g/mol. The molecule has 0 radical (unpaired) electrons. The average Bonchev–Trinajstić information content (AvgIpc) is 2.07. The van der Waals surface area contributed by atoms with Gasteiger partial charge in [0.25, 0.3) is 0 Å². The van der Waals surface area contributed by atoms with E-state index in [2.05, 4.69) is 21.2 Å². The number of esters is 1. The standard InChI is InChI=1S/C13H22BrNO4/c1-8(14)9(10(16)18-12(2,3)4)15-11(17)19-13(5,6)7/h1-7H3,(H,15,17)/b9-8-. The molecule has 0 saturated carbocycles. The van der Waals surface area contributed by atoms with Crippen LogP contribution in [0.1, 0.15) is 48.5 Å². The third kappa shape index (κ3) is 8.64. The number of carbonyl (C=O) groups is 2. The van der Waals surface area contributed by atoms with Gasteiger partial charge in [-0.1, -0.05) is 15.9 Å². The van der Waals surface area contributed by atoms with E-state index in [9.17, 15) is 9.59 Å². The number of amides is 1. The molecule has 0 spiro atoms. The fourth-order valence-electron chi connectivity index (χ4n) is 1.01. The van der Waals surface area contributed by atoms with Crippen molar-refractivity contribution in [1.29, 1.82) is 0 Å². The van der Waals surface area contributed by atoms with Gasteiger partial charge in [-0.15, -0.1) is 0 Å². The molecule has 0 unspecified atom stereocenters. The van der Waals surface area contributed by atoms with Crippen molar-refractivity contribution in [3.05, 3.63) is 10.2 Å². The fraction of sp³-hybridized carbons (Fsp3) is 0.692. The van der Waals surface area contributed by atoms with Gasteiger partial charge >= 0.3 is 12.1 Å². The molecule has 19 heavy (non-hydrogen) atoms. The molecule has 0 aliphatic rings. The summed E-state index contributed by atoms with van der Waals surface area (Å²) in [6.45, 7) is 12.1. The van der Waals surface area contributed by atoms with E-state index < -0.39 is 23.3 Å². The summed E-state index contributed by atoms with van der Waals surface area (Å²) in [5.41, 5.74) is -1.24. The topological polar surface area (TPSA) is 64.6 Å². The first kappa shape index (κ1) is 18.0. The summed E-state index contributed by atoms with van der Waals surface area (Å²) in [5.74, 6) is -0.618. The lowest BCUT2D eigenvalue weighted by atomic mass is 10.2. The molecule has 0 rings (SSSR count). The van der Waals surface area contributed by atoms with Gasteiger partial charge in [0.15, 0.2) is 0 Å². The largest absolute Gasteiger partial charge is 0.455 e. The quantitative estimate of drug-likeness (QED) is 0.619. The minimum atomic E-state index is -0.702. The molecule has 110 valence electrons. The Kier molecular flexibility index (Phi) is 6.06. The van der Waals surface area contributed by atoms with Crippen LogP contribution >= 0.6 is 15.9 Å². The van der Waals surface area contributed by atoms with E-state index in [-0.39, 0.29) is 5.70 Å². The normalized spacial score (nSPS) is 13.5. The zero-order valence-corrected chi connectivity index (χ0v) is 14.1. The van der Waals surface area contributed by atoms with E-state index >= 15 is 0 Å². The van der Waals surface area contributed by atoms with Crippen LogP contribution in [0.2, 0.25) is 0 Å². The van der Waals surface area contributed by atoms with Crippen molar-refractivity contribution in [3.8, 4) is 0 Å². The molecule has 6 heteroatoms. The van der Waals surface area contributed by atoms with Gasteiger partial charge in [-0.2, -0.15) is 0 Å². The molecule has 1 amide bonds. The number of hydrogen-bond acceptors (Lipinski definition) is 4. The highest BCUT2D eigenvalue weighted by atomic mass is 79.9. The van der Waals surface area contributed by atoms with Crippen molar-refractivity contribution in [2.24, 2.45) is 0 Å². The van der Waals surface area contributed by atoms with Crippen molar-refractivity contribution < 1.29 is 19.1 Å². The maximum absolute atomic E-state index is 11.9. The third-order valence-electron chi connectivity index (χ3n) is 1.57. The van der Waals surface area contributed by atoms with E-state index in [1.165, 1.54) is 0 Å². The first-order valence-corrected chi connectivity index (χ1v) is 6.71. The summed E-state index contributed by atoms with van der Waals surface area (Å²) in [7, 11) is 0. The molecule has 0 saturated heterocycles. The second-order valence-electron chi connectivity index (χ2n) is 6.04. The molecular weight excluding hydrogens is 314 g/mol. The van der Waals surface area contributed by atoms with Crippen molar-refractivity contribution in [2.45, 2.75) is 59.7 Å². The highest BCUT2D eigenvalue weighted by molar-refractivity contribution is 9.11. The van der Waals surface area contributed by atoms with E-state index in [1.54, 1.807) is 48.5 Å². The van der Waals surface area contributed by atoms with Crippen LogP contribution in [0.3, 0.4) is 0 Å². The minimum Gasteiger partial charge on any atom is -0.455 e. The lowest BCUT2D eigenvalue weighted by molar-refractivity contribution is -0.150. The van der Waals surface area contributed by atoms with Gasteiger partial charge in [0.2, 0.25) is 0 Å². The molecule has 0 fully saturated rings. The number of allylic oxidation sites excluding steroid dienone is 1. The summed E-state index contributed by atoms with van der Waals surface area (Å²) < 4.78 is 10.7. The zero-order chi connectivity index (χ0) is 15.4. The smallest absolute Gasteiger partial charge is 0.412 e. The van der Waals surface area contributed by atoms with E-state index in [0.717, 1.165) is 0 Å². The van der Waals surface area contributed by atoms with Crippen LogP contribution in [0.4, 0.5) is 4.79 Å². The van der Waals surface area contributed by atoms with Crippen molar-refractivity contribution in [1.82, 2.24) is 5.32 Å². The average molecular weight is 336 g/mol. The van der Waals surface area contributed by atoms with E-state index in [1.807, 2.05) is 0 Å². The zero-order valence-electron chi connectivity index (χ0n) is 12.5. The van der Waals surface area contributed by atoms with E-state index in [4.69, 9.17) is 9.47 Å². The summed E-state index contributed by atoms with van der Waals surface area (Å²) >= 11 is 3.17. The Labute approximate surface area is 122 Å². The highest BCUT2D eigenvalue weighted by Crippen LogP contribution is 2.16. The van der Waals surface area contributed by atoms with Crippen LogP contribution in [0.15, 0.2) is 10.2 Å². The minimum absolute atomic E-state index is 0.0316. The Bertz CT molecular complexity index is 384. The predicted octanol–water partition coefficient (Wildman–Crippen LogP) is 3.48. The molecule has 0 aliphatic carbocycles. The molecule has 0 aromatic carbocycles. The number of alkyl carbamates (subject to hydrolysis) is 1. The SMILES string of the molecule is C/C(Br)=C(/NC(=O)OC(C)(C)C)C(=O)OC(C)(C)C. The number of carbonyl (C=O) groups excluding carboxylic acids is 2. The number of ether oxygens (including phenoxy) is 2. The maximum atomic E-state index is 11.9. The van der Waals surface area contributed by atoms with Crippen molar-refractivity contribution in [3.63, 3.8) is 0 Å². The van der Waals surface area contributed by atoms with Gasteiger partial charge in [0, 0.05) is 4.48 Å². The van der Waals surface area contributed by atoms with Gasteiger partial charge < -0.3 is 9.47 Å². The number of nitrogens with one attached hydrogen (secondary N) is 1. The summed E-state index contributed by atoms with van der Waals surface area (Å²) in [6, 6.07) is 0. The van der Waals surface area contributed by atoms with Crippen molar-refractivity contribution in [2.75, 3.05) is 0 Å². The molecule has 0 aromatic rings. The predicted molar refractivity (Wildman–Crippen MR) is 76.8 cm³/mol. The fourth-order valence-corrected chi connectivity index (χ4v) is 1.27. The Hall–Kier alpha value is -1.04. The first-order chi connectivity index (χ1) is 8.32. The Balaban J connectivity index is 4.85. The van der Waals surface area contributed by atoms with Crippen LogP contribution in [0.5, 0.6) is 0 Å². The van der Waals surface area contributed by atoms with Gasteiger partial charge in [-0.3, -0.25) is 5.32 Å². The molecule has 0 atom stereocenters. The van der Waals surface area contributed by atoms with Gasteiger partial charge in [0.05, 0.1) is 0 Å². The van der Waals surface area contributed by atoms with Crippen LogP contribution < -0.4 is 5.32 Å². The van der Waals surface area contributed by atoms with Gasteiger partial charge in [0.1, 0.15) is 16.9 Å². The highest BCUT2D eigenvalue weighted by Gasteiger charge is 2.25. The second-order valence-corrected chi connectivity index (χ2v) is 7.23. The van der Waals surface area contributed by atoms with Crippen LogP contribution in [0.25, 0.3) is 0 Å². The van der Waals surface area contributed by atoms with Gasteiger partial charge in [-0.25, -0.2) is 9.59 Å². The number of halogens is 1. The van der Waals surface area contributed by atoms with Crippen LogP contribution in [0, 0.1) is 0 Å².